The van der Waals surface area contributed by atoms with Crippen molar-refractivity contribution in [1.29, 1.82) is 0 Å². The number of aliphatic hydroxyl groups is 1. The number of hydrogen-bond acceptors (Lipinski definition) is 6. The highest BCUT2D eigenvalue weighted by atomic mass is 32.1. The van der Waals surface area contributed by atoms with E-state index < -0.39 is 5.60 Å². The summed E-state index contributed by atoms with van der Waals surface area (Å²) in [7, 11) is 0. The number of amides is 1. The summed E-state index contributed by atoms with van der Waals surface area (Å²) in [6.45, 7) is 0.193. The zero-order valence-electron chi connectivity index (χ0n) is 14.3. The van der Waals surface area contributed by atoms with Crippen molar-refractivity contribution in [3.8, 4) is 11.5 Å². The van der Waals surface area contributed by atoms with Crippen molar-refractivity contribution in [2.24, 2.45) is 0 Å². The van der Waals surface area contributed by atoms with E-state index in [4.69, 9.17) is 13.9 Å². The molecule has 4 rings (SSSR count). The molecule has 0 fully saturated rings. The van der Waals surface area contributed by atoms with Gasteiger partial charge in [0.2, 0.25) is 12.7 Å². The van der Waals surface area contributed by atoms with E-state index in [1.807, 2.05) is 22.9 Å². The molecule has 1 aliphatic heterocycles. The van der Waals surface area contributed by atoms with Crippen molar-refractivity contribution < 1.29 is 23.8 Å². The van der Waals surface area contributed by atoms with Crippen LogP contribution in [0.4, 0.5) is 0 Å². The minimum absolute atomic E-state index is 0.0123. The summed E-state index contributed by atoms with van der Waals surface area (Å²) in [6, 6.07) is 10.6. The number of carbonyl (C=O) groups excluding carboxylic acids is 1. The second kappa shape index (κ2) is 7.30. The third kappa shape index (κ3) is 3.60. The summed E-state index contributed by atoms with van der Waals surface area (Å²) < 4.78 is 16.0. The highest BCUT2D eigenvalue weighted by Crippen LogP contribution is 2.33. The predicted octanol–water partition coefficient (Wildman–Crippen LogP) is 3.14. The molecule has 1 amide bonds. The number of thiophene rings is 1. The second-order valence-corrected chi connectivity index (χ2v) is 6.79. The van der Waals surface area contributed by atoms with Crippen LogP contribution in [0.5, 0.6) is 11.5 Å². The fourth-order valence-electron chi connectivity index (χ4n) is 2.81. The van der Waals surface area contributed by atoms with Gasteiger partial charge in [0.05, 0.1) is 12.8 Å². The van der Waals surface area contributed by atoms with Crippen molar-refractivity contribution in [3.05, 3.63) is 76.4 Å². The Morgan fingerprint density at radius 2 is 2.15 bits per heavy atom. The van der Waals surface area contributed by atoms with Gasteiger partial charge in [0, 0.05) is 11.6 Å². The summed E-state index contributed by atoms with van der Waals surface area (Å²) in [5.74, 6) is 1.40. The molecule has 0 saturated carbocycles. The summed E-state index contributed by atoms with van der Waals surface area (Å²) in [4.78, 5) is 12.2. The maximum atomic E-state index is 12.2. The number of rotatable bonds is 6. The third-order valence-corrected chi connectivity index (χ3v) is 4.95. The van der Waals surface area contributed by atoms with Crippen LogP contribution >= 0.6 is 11.3 Å². The van der Waals surface area contributed by atoms with Gasteiger partial charge in [0.15, 0.2) is 17.1 Å². The number of ether oxygens (including phenoxy) is 2. The van der Waals surface area contributed by atoms with Crippen LogP contribution in [0.1, 0.15) is 16.9 Å². The van der Waals surface area contributed by atoms with Crippen LogP contribution in [0, 0.1) is 0 Å². The van der Waals surface area contributed by atoms with Crippen LogP contribution < -0.4 is 14.8 Å². The summed E-state index contributed by atoms with van der Waals surface area (Å²) in [5.41, 5.74) is 0.0576. The lowest BCUT2D eigenvalue weighted by molar-refractivity contribution is -0.117. The van der Waals surface area contributed by atoms with Crippen molar-refractivity contribution in [3.63, 3.8) is 0 Å². The molecule has 0 radical (unpaired) electrons. The lowest BCUT2D eigenvalue weighted by atomic mass is 9.93. The smallest absolute Gasteiger partial charge is 0.244 e. The predicted molar refractivity (Wildman–Crippen MR) is 101 cm³/mol. The van der Waals surface area contributed by atoms with Crippen LogP contribution in [0.3, 0.4) is 0 Å². The average Bonchev–Trinajstić information content (AvgIpc) is 3.45. The molecule has 0 aliphatic carbocycles. The average molecular weight is 383 g/mol. The number of carbonyl (C=O) groups is 1. The van der Waals surface area contributed by atoms with Gasteiger partial charge in [-0.1, -0.05) is 6.07 Å². The molecule has 27 heavy (non-hydrogen) atoms. The Labute approximate surface area is 159 Å². The SMILES string of the molecule is O=C(/C=C/c1ccc2c(c1)OCO2)NCC(O)(c1ccsc1)c1ccco1. The molecular formula is C20H17NO5S. The number of hydrogen-bond donors (Lipinski definition) is 2. The summed E-state index contributed by atoms with van der Waals surface area (Å²) in [6.07, 6.45) is 4.58. The molecule has 1 aliphatic rings. The Kier molecular flexibility index (Phi) is 4.70. The number of benzene rings is 1. The molecule has 138 valence electrons. The zero-order valence-corrected chi connectivity index (χ0v) is 15.1. The minimum atomic E-state index is -1.42. The molecule has 2 N–H and O–H groups in total. The Balaban J connectivity index is 1.44. The van der Waals surface area contributed by atoms with Gasteiger partial charge in [-0.05, 0) is 52.7 Å². The highest BCUT2D eigenvalue weighted by molar-refractivity contribution is 7.08. The van der Waals surface area contributed by atoms with Gasteiger partial charge in [-0.2, -0.15) is 11.3 Å². The number of furan rings is 1. The maximum Gasteiger partial charge on any atom is 0.244 e. The summed E-state index contributed by atoms with van der Waals surface area (Å²) >= 11 is 1.46. The van der Waals surface area contributed by atoms with E-state index >= 15 is 0 Å². The number of fused-ring (bicyclic) bond motifs is 1. The van der Waals surface area contributed by atoms with Gasteiger partial charge in [-0.3, -0.25) is 4.79 Å². The lowest BCUT2D eigenvalue weighted by Crippen LogP contribution is -2.40. The van der Waals surface area contributed by atoms with Gasteiger partial charge >= 0.3 is 0 Å². The van der Waals surface area contributed by atoms with Gasteiger partial charge in [-0.15, -0.1) is 0 Å². The van der Waals surface area contributed by atoms with E-state index in [1.54, 1.807) is 30.3 Å². The van der Waals surface area contributed by atoms with E-state index in [1.165, 1.54) is 23.7 Å². The molecule has 6 nitrogen and oxygen atoms in total. The van der Waals surface area contributed by atoms with Gasteiger partial charge in [-0.25, -0.2) is 0 Å². The molecule has 2 aromatic heterocycles. The summed E-state index contributed by atoms with van der Waals surface area (Å²) in [5, 5.41) is 17.5. The van der Waals surface area contributed by atoms with E-state index in [0.717, 1.165) is 5.56 Å². The van der Waals surface area contributed by atoms with E-state index in [0.29, 0.717) is 22.8 Å². The maximum absolute atomic E-state index is 12.2. The largest absolute Gasteiger partial charge is 0.466 e. The highest BCUT2D eigenvalue weighted by Gasteiger charge is 2.35. The van der Waals surface area contributed by atoms with Crippen LogP contribution in [-0.2, 0) is 10.4 Å². The van der Waals surface area contributed by atoms with Gasteiger partial charge in [0.25, 0.3) is 0 Å². The van der Waals surface area contributed by atoms with Crippen LogP contribution in [0.15, 0.2) is 63.9 Å². The molecule has 3 heterocycles. The first-order valence-corrected chi connectivity index (χ1v) is 9.24. The Morgan fingerprint density at radius 1 is 1.26 bits per heavy atom. The molecular weight excluding hydrogens is 366 g/mol. The third-order valence-electron chi connectivity index (χ3n) is 4.27. The first-order valence-electron chi connectivity index (χ1n) is 8.30. The lowest BCUT2D eigenvalue weighted by Gasteiger charge is -2.25. The monoisotopic (exact) mass is 383 g/mol. The molecule has 7 heteroatoms. The molecule has 0 spiro atoms. The quantitative estimate of drug-likeness (QED) is 0.639. The van der Waals surface area contributed by atoms with E-state index in [9.17, 15) is 9.90 Å². The zero-order chi connectivity index (χ0) is 18.7. The van der Waals surface area contributed by atoms with Gasteiger partial charge in [0.1, 0.15) is 5.76 Å². The van der Waals surface area contributed by atoms with Crippen LogP contribution in [0.2, 0.25) is 0 Å². The van der Waals surface area contributed by atoms with E-state index in [-0.39, 0.29) is 19.2 Å². The topological polar surface area (TPSA) is 80.9 Å². The Bertz CT molecular complexity index is 913. The molecule has 3 aromatic rings. The fourth-order valence-corrected chi connectivity index (χ4v) is 3.53. The molecule has 1 unspecified atom stereocenters. The van der Waals surface area contributed by atoms with Crippen molar-refractivity contribution in [1.82, 2.24) is 5.32 Å². The molecule has 1 aromatic carbocycles. The Morgan fingerprint density at radius 3 is 2.93 bits per heavy atom. The standard InChI is InChI=1S/C20H17NO5S/c22-19(6-4-14-3-5-16-17(10-14)26-13-25-16)21-12-20(23,15-7-9-27-11-15)18-2-1-8-24-18/h1-11,23H,12-13H2,(H,21,22)/b6-4+. The van der Waals surface area contributed by atoms with Crippen molar-refractivity contribution in [2.75, 3.05) is 13.3 Å². The van der Waals surface area contributed by atoms with Gasteiger partial charge < -0.3 is 24.3 Å². The first-order chi connectivity index (χ1) is 13.1. The second-order valence-electron chi connectivity index (χ2n) is 6.01. The fraction of sp³-hybridized carbons (Fsp3) is 0.150. The van der Waals surface area contributed by atoms with Crippen molar-refractivity contribution >= 4 is 23.3 Å². The molecule has 0 bridgehead atoms. The number of nitrogens with one attached hydrogen (secondary N) is 1. The molecule has 0 saturated heterocycles. The molecule has 1 atom stereocenters. The van der Waals surface area contributed by atoms with Crippen LogP contribution in [0.25, 0.3) is 6.08 Å². The minimum Gasteiger partial charge on any atom is -0.466 e. The van der Waals surface area contributed by atoms with E-state index in [2.05, 4.69) is 5.32 Å². The first kappa shape index (κ1) is 17.4. The Hall–Kier alpha value is -3.03. The van der Waals surface area contributed by atoms with Crippen LogP contribution in [-0.4, -0.2) is 24.4 Å². The normalized spacial score (nSPS) is 15.0. The van der Waals surface area contributed by atoms with Crippen molar-refractivity contribution in [2.45, 2.75) is 5.60 Å².